The zero-order chi connectivity index (χ0) is 33.9. The molecule has 252 valence electrons. The molecule has 0 radical (unpaired) electrons. The Kier molecular flexibility index (Phi) is 13.5. The fraction of sp³-hybridized carbons (Fsp3) is 0.316. The third-order valence-corrected chi connectivity index (χ3v) is 11.5. The van der Waals surface area contributed by atoms with E-state index in [1.807, 2.05) is 48.5 Å². The van der Waals surface area contributed by atoms with Crippen molar-refractivity contribution in [3.63, 3.8) is 0 Å². The van der Waals surface area contributed by atoms with Crippen molar-refractivity contribution in [1.29, 1.82) is 0 Å². The van der Waals surface area contributed by atoms with Crippen molar-refractivity contribution in [2.45, 2.75) is 92.5 Å². The number of carbonyl (C=O) groups is 2. The monoisotopic (exact) mass is 720 g/mol. The highest BCUT2D eigenvalue weighted by Gasteiger charge is 2.25. The van der Waals surface area contributed by atoms with Crippen LogP contribution >= 0.6 is 47.0 Å². The Labute approximate surface area is 300 Å². The molecule has 1 heterocycles. The summed E-state index contributed by atoms with van der Waals surface area (Å²) in [6.07, 6.45) is 5.05. The van der Waals surface area contributed by atoms with E-state index in [9.17, 15) is 9.59 Å². The van der Waals surface area contributed by atoms with Gasteiger partial charge in [0.15, 0.2) is 12.6 Å². The van der Waals surface area contributed by atoms with Crippen LogP contribution in [0.1, 0.15) is 74.1 Å². The van der Waals surface area contributed by atoms with E-state index in [1.165, 1.54) is 35.3 Å². The number of hydrogen-bond acceptors (Lipinski definition) is 10. The minimum Gasteiger partial charge on any atom is -0.491 e. The first-order valence-electron chi connectivity index (χ1n) is 16.3. The molecule has 0 aromatic heterocycles. The maximum atomic E-state index is 12.5. The molecule has 1 aliphatic heterocycles. The van der Waals surface area contributed by atoms with Crippen LogP contribution in [0.5, 0.6) is 23.0 Å². The molecule has 48 heavy (non-hydrogen) atoms. The number of fused-ring (bicyclic) bond motifs is 8. The van der Waals surface area contributed by atoms with Crippen LogP contribution in [0.4, 0.5) is 0 Å². The van der Waals surface area contributed by atoms with Gasteiger partial charge in [0.2, 0.25) is 0 Å². The number of hydrogen-bond donors (Lipinski definition) is 0. The van der Waals surface area contributed by atoms with E-state index in [0.717, 1.165) is 88.9 Å². The summed E-state index contributed by atoms with van der Waals surface area (Å²) < 4.78 is 25.8. The van der Waals surface area contributed by atoms with Crippen LogP contribution in [0, 0.1) is 0 Å². The van der Waals surface area contributed by atoms with Gasteiger partial charge in [0.1, 0.15) is 23.0 Å². The molecule has 0 spiro atoms. The molecular formula is C38H40O6S4. The minimum absolute atomic E-state index is 0.484. The zero-order valence-electron chi connectivity index (χ0n) is 27.7. The highest BCUT2D eigenvalue weighted by atomic mass is 32.2. The third kappa shape index (κ3) is 8.33. The summed E-state index contributed by atoms with van der Waals surface area (Å²) in [5, 5.41) is 0. The van der Waals surface area contributed by atoms with E-state index < -0.39 is 0 Å². The minimum atomic E-state index is 0.484. The summed E-state index contributed by atoms with van der Waals surface area (Å²) in [5.41, 5.74) is 1.07. The second kappa shape index (κ2) is 18.0. The lowest BCUT2D eigenvalue weighted by Crippen LogP contribution is -2.04. The van der Waals surface area contributed by atoms with Gasteiger partial charge in [-0.15, -0.1) is 0 Å². The van der Waals surface area contributed by atoms with Gasteiger partial charge in [-0.2, -0.15) is 0 Å². The van der Waals surface area contributed by atoms with Gasteiger partial charge in [0.25, 0.3) is 0 Å². The second-order valence-electron chi connectivity index (χ2n) is 10.8. The summed E-state index contributed by atoms with van der Waals surface area (Å²) in [6.45, 7) is 10.3. The van der Waals surface area contributed by atoms with E-state index in [4.69, 9.17) is 18.9 Å². The fourth-order valence-electron chi connectivity index (χ4n) is 4.82. The standard InChI is InChI=1S/C38H40O6S4/c1-5-19-41-33-27-11-9-13-29(33)47-37-25(23-39)15-17-31(35(37)43-21-7-3)46-32-18-16-26(24-40)38(36(32)44-22-8-4)48-30-14-10-12-28(45-27)34(30)42-20-6-2/h9-18,23-24H,5-8,19-22H2,1-4H3. The van der Waals surface area contributed by atoms with Crippen LogP contribution in [0.3, 0.4) is 0 Å². The van der Waals surface area contributed by atoms with Crippen molar-refractivity contribution < 1.29 is 28.5 Å². The molecule has 8 bridgehead atoms. The Bertz CT molecular complexity index is 1620. The molecule has 0 amide bonds. The molecule has 5 rings (SSSR count). The Hall–Kier alpha value is -3.18. The number of carbonyl (C=O) groups excluding carboxylic acids is 2. The smallest absolute Gasteiger partial charge is 0.151 e. The SMILES string of the molecule is CCCOc1c2cccc1Sc1c(C=O)ccc(c1OCCC)Sc1ccc(C=O)c(c1OCCC)Sc1cccc(c1OCCC)S2. The van der Waals surface area contributed by atoms with E-state index in [2.05, 4.69) is 39.8 Å². The van der Waals surface area contributed by atoms with Crippen molar-refractivity contribution in [1.82, 2.24) is 0 Å². The Balaban J connectivity index is 1.83. The first-order chi connectivity index (χ1) is 23.6. The predicted octanol–water partition coefficient (Wildman–Crippen LogP) is 11.4. The van der Waals surface area contributed by atoms with Crippen molar-refractivity contribution in [2.75, 3.05) is 26.4 Å². The number of rotatable bonds is 14. The largest absolute Gasteiger partial charge is 0.491 e. The number of para-hydroxylation sites is 2. The van der Waals surface area contributed by atoms with E-state index in [1.54, 1.807) is 11.8 Å². The average molecular weight is 721 g/mol. The summed E-state index contributed by atoms with van der Waals surface area (Å²) in [5.74, 6) is 2.78. The molecule has 10 heteroatoms. The summed E-state index contributed by atoms with van der Waals surface area (Å²) >= 11 is 6.04. The van der Waals surface area contributed by atoms with Crippen LogP contribution in [0.2, 0.25) is 0 Å². The molecule has 1 aliphatic rings. The Morgan fingerprint density at radius 2 is 0.750 bits per heavy atom. The maximum absolute atomic E-state index is 12.5. The van der Waals surface area contributed by atoms with E-state index >= 15 is 0 Å². The molecule has 0 atom stereocenters. The van der Waals surface area contributed by atoms with Crippen molar-refractivity contribution in [2.24, 2.45) is 0 Å². The van der Waals surface area contributed by atoms with Gasteiger partial charge in [-0.3, -0.25) is 9.59 Å². The number of benzene rings is 4. The van der Waals surface area contributed by atoms with Gasteiger partial charge in [0.05, 0.1) is 65.6 Å². The Morgan fingerprint density at radius 1 is 0.438 bits per heavy atom. The van der Waals surface area contributed by atoms with Crippen molar-refractivity contribution in [3.05, 3.63) is 71.8 Å². The zero-order valence-corrected chi connectivity index (χ0v) is 30.9. The molecule has 0 aliphatic carbocycles. The summed E-state index contributed by atoms with van der Waals surface area (Å²) in [6, 6.07) is 19.7. The molecule has 6 nitrogen and oxygen atoms in total. The van der Waals surface area contributed by atoms with E-state index in [0.29, 0.717) is 49.1 Å². The molecule has 0 saturated heterocycles. The molecule has 0 unspecified atom stereocenters. The summed E-state index contributed by atoms with van der Waals surface area (Å²) in [4.78, 5) is 31.8. The van der Waals surface area contributed by atoms with Gasteiger partial charge in [-0.25, -0.2) is 0 Å². The predicted molar refractivity (Wildman–Crippen MR) is 196 cm³/mol. The number of ether oxygens (including phenoxy) is 4. The lowest BCUT2D eigenvalue weighted by Gasteiger charge is -2.22. The van der Waals surface area contributed by atoms with Crippen LogP contribution in [-0.2, 0) is 0 Å². The number of aldehydes is 2. The van der Waals surface area contributed by atoms with Gasteiger partial charge in [0, 0.05) is 11.1 Å². The first kappa shape index (κ1) is 36.1. The van der Waals surface area contributed by atoms with Crippen molar-refractivity contribution >= 4 is 59.6 Å². The average Bonchev–Trinajstić information content (AvgIpc) is 3.10. The molecule has 0 N–H and O–H groups in total. The normalized spacial score (nSPS) is 12.2. The van der Waals surface area contributed by atoms with Gasteiger partial charge in [-0.1, -0.05) is 86.9 Å². The van der Waals surface area contributed by atoms with E-state index in [-0.39, 0.29) is 0 Å². The quantitative estimate of drug-likeness (QED) is 0.104. The highest BCUT2D eigenvalue weighted by molar-refractivity contribution is 8.01. The molecular weight excluding hydrogens is 681 g/mol. The summed E-state index contributed by atoms with van der Waals surface area (Å²) in [7, 11) is 0. The first-order valence-corrected chi connectivity index (χ1v) is 19.6. The molecule has 4 aromatic rings. The van der Waals surface area contributed by atoms with Crippen LogP contribution < -0.4 is 18.9 Å². The van der Waals surface area contributed by atoms with Gasteiger partial charge in [-0.05, 0) is 74.2 Å². The van der Waals surface area contributed by atoms with Gasteiger partial charge < -0.3 is 18.9 Å². The van der Waals surface area contributed by atoms with Crippen LogP contribution in [-0.4, -0.2) is 39.0 Å². The fourth-order valence-corrected chi connectivity index (χ4v) is 9.40. The van der Waals surface area contributed by atoms with Crippen LogP contribution in [0.25, 0.3) is 0 Å². The van der Waals surface area contributed by atoms with Crippen molar-refractivity contribution in [3.8, 4) is 23.0 Å². The van der Waals surface area contributed by atoms with Gasteiger partial charge >= 0.3 is 0 Å². The third-order valence-electron chi connectivity index (χ3n) is 7.02. The maximum Gasteiger partial charge on any atom is 0.151 e. The molecule has 4 aromatic carbocycles. The topological polar surface area (TPSA) is 71.1 Å². The molecule has 0 fully saturated rings. The Morgan fingerprint density at radius 3 is 1.08 bits per heavy atom. The highest BCUT2D eigenvalue weighted by Crippen LogP contribution is 2.54. The lowest BCUT2D eigenvalue weighted by molar-refractivity contribution is 0.111. The lowest BCUT2D eigenvalue weighted by atomic mass is 10.2. The second-order valence-corrected chi connectivity index (χ2v) is 15.1. The van der Waals surface area contributed by atoms with Crippen LogP contribution in [0.15, 0.2) is 99.8 Å². The molecule has 0 saturated carbocycles.